The molecule has 1 aromatic carbocycles. The molecule has 0 heterocycles. The quantitative estimate of drug-likeness (QED) is 0.802. The molecule has 76 valence electrons. The van der Waals surface area contributed by atoms with Gasteiger partial charge in [0, 0.05) is 0 Å². The highest BCUT2D eigenvalue weighted by molar-refractivity contribution is 5.72. The molecule has 0 aromatic heterocycles. The Bertz CT molecular complexity index is 344. The molecule has 0 bridgehead atoms. The molecule has 0 fully saturated rings. The highest BCUT2D eigenvalue weighted by Gasteiger charge is 2.12. The summed E-state index contributed by atoms with van der Waals surface area (Å²) in [5.74, 6) is -0.355. The minimum absolute atomic E-state index is 0.600. The Morgan fingerprint density at radius 3 is 2.50 bits per heavy atom. The molecule has 3 nitrogen and oxygen atoms in total. The van der Waals surface area contributed by atoms with Crippen molar-refractivity contribution in [1.29, 1.82) is 0 Å². The molecule has 1 atom stereocenters. The summed E-state index contributed by atoms with van der Waals surface area (Å²) in [4.78, 5) is 10.5. The third kappa shape index (κ3) is 2.49. The van der Waals surface area contributed by atoms with Gasteiger partial charge in [0.05, 0.1) is 0 Å². The van der Waals surface area contributed by atoms with E-state index in [9.17, 15) is 4.79 Å². The van der Waals surface area contributed by atoms with Crippen molar-refractivity contribution in [2.75, 3.05) is 0 Å². The topological polar surface area (TPSA) is 46.5 Å². The van der Waals surface area contributed by atoms with Gasteiger partial charge in [-0.05, 0) is 44.0 Å². The van der Waals surface area contributed by atoms with Crippen molar-refractivity contribution in [2.24, 2.45) is 0 Å². The van der Waals surface area contributed by atoms with E-state index in [1.165, 1.54) is 12.5 Å². The summed E-state index contributed by atoms with van der Waals surface area (Å²) in [6, 6.07) is 5.54. The monoisotopic (exact) mass is 194 g/mol. The minimum atomic E-state index is -0.955. The van der Waals surface area contributed by atoms with Crippen LogP contribution in [-0.4, -0.2) is 17.2 Å². The first-order valence-corrected chi connectivity index (χ1v) is 4.47. The molecule has 0 unspecified atom stereocenters. The fraction of sp³-hybridized carbons (Fsp3) is 0.364. The number of aliphatic carboxylic acids is 1. The maximum absolute atomic E-state index is 10.5. The molecule has 0 saturated carbocycles. The SMILES string of the molecule is Cc1ccc(O[C@H](C)C(=O)O)cc1C. The number of ether oxygens (including phenoxy) is 1. The van der Waals surface area contributed by atoms with E-state index in [2.05, 4.69) is 0 Å². The predicted octanol–water partition coefficient (Wildman–Crippen LogP) is 2.16. The zero-order chi connectivity index (χ0) is 10.7. The molecule has 1 rings (SSSR count). The zero-order valence-electron chi connectivity index (χ0n) is 8.57. The molecular formula is C11H14O3. The lowest BCUT2D eigenvalue weighted by molar-refractivity contribution is -0.144. The minimum Gasteiger partial charge on any atom is -0.479 e. The third-order valence-electron chi connectivity index (χ3n) is 2.14. The van der Waals surface area contributed by atoms with Crippen LogP contribution in [0.3, 0.4) is 0 Å². The molecule has 14 heavy (non-hydrogen) atoms. The summed E-state index contributed by atoms with van der Waals surface area (Å²) in [5, 5.41) is 8.64. The Kier molecular flexibility index (Phi) is 3.12. The van der Waals surface area contributed by atoms with Crippen molar-refractivity contribution in [3.8, 4) is 5.75 Å². The maximum atomic E-state index is 10.5. The van der Waals surface area contributed by atoms with Crippen molar-refractivity contribution in [1.82, 2.24) is 0 Å². The Morgan fingerprint density at radius 2 is 2.00 bits per heavy atom. The van der Waals surface area contributed by atoms with E-state index in [1.54, 1.807) is 6.07 Å². The number of carbonyl (C=O) groups is 1. The number of hydrogen-bond acceptors (Lipinski definition) is 2. The molecule has 3 heteroatoms. The second kappa shape index (κ2) is 4.13. The molecule has 0 saturated heterocycles. The molecule has 0 amide bonds. The average Bonchev–Trinajstić information content (AvgIpc) is 2.11. The summed E-state index contributed by atoms with van der Waals surface area (Å²) in [6.45, 7) is 5.48. The van der Waals surface area contributed by atoms with Crippen LogP contribution in [0.2, 0.25) is 0 Å². The van der Waals surface area contributed by atoms with Gasteiger partial charge in [0.1, 0.15) is 5.75 Å². The maximum Gasteiger partial charge on any atom is 0.344 e. The van der Waals surface area contributed by atoms with Gasteiger partial charge in [0.2, 0.25) is 0 Å². The van der Waals surface area contributed by atoms with Crippen LogP contribution in [0.1, 0.15) is 18.1 Å². The molecule has 0 aliphatic carbocycles. The Hall–Kier alpha value is -1.51. The fourth-order valence-corrected chi connectivity index (χ4v) is 1.04. The van der Waals surface area contributed by atoms with Gasteiger partial charge in [-0.15, -0.1) is 0 Å². The number of benzene rings is 1. The van der Waals surface area contributed by atoms with Crippen LogP contribution in [0.5, 0.6) is 5.75 Å². The van der Waals surface area contributed by atoms with Crippen LogP contribution in [0.4, 0.5) is 0 Å². The van der Waals surface area contributed by atoms with Crippen LogP contribution in [0, 0.1) is 13.8 Å². The van der Waals surface area contributed by atoms with Crippen molar-refractivity contribution in [2.45, 2.75) is 26.9 Å². The lowest BCUT2D eigenvalue weighted by Gasteiger charge is -2.11. The standard InChI is InChI=1S/C11H14O3/c1-7-4-5-10(6-8(7)2)14-9(3)11(12)13/h4-6,9H,1-3H3,(H,12,13)/t9-/m1/s1. The van der Waals surface area contributed by atoms with Crippen LogP contribution in [0.15, 0.2) is 18.2 Å². The zero-order valence-corrected chi connectivity index (χ0v) is 8.57. The smallest absolute Gasteiger partial charge is 0.344 e. The first-order chi connectivity index (χ1) is 6.50. The second-order valence-corrected chi connectivity index (χ2v) is 3.34. The van der Waals surface area contributed by atoms with E-state index >= 15 is 0 Å². The number of carboxylic acid groups (broad SMARTS) is 1. The molecule has 0 radical (unpaired) electrons. The fourth-order valence-electron chi connectivity index (χ4n) is 1.04. The molecule has 0 spiro atoms. The van der Waals surface area contributed by atoms with E-state index in [1.807, 2.05) is 26.0 Å². The van der Waals surface area contributed by atoms with E-state index in [-0.39, 0.29) is 0 Å². The molecule has 0 aliphatic heterocycles. The van der Waals surface area contributed by atoms with Gasteiger partial charge in [0.25, 0.3) is 0 Å². The van der Waals surface area contributed by atoms with Gasteiger partial charge in [-0.2, -0.15) is 0 Å². The molecule has 1 N–H and O–H groups in total. The van der Waals surface area contributed by atoms with Gasteiger partial charge in [0.15, 0.2) is 6.10 Å². The van der Waals surface area contributed by atoms with Crippen molar-refractivity contribution in [3.63, 3.8) is 0 Å². The molecule has 0 aliphatic rings. The lowest BCUT2D eigenvalue weighted by Crippen LogP contribution is -2.22. The number of carboxylic acids is 1. The average molecular weight is 194 g/mol. The van der Waals surface area contributed by atoms with Crippen molar-refractivity contribution >= 4 is 5.97 Å². The number of rotatable bonds is 3. The summed E-state index contributed by atoms with van der Waals surface area (Å²) >= 11 is 0. The first-order valence-electron chi connectivity index (χ1n) is 4.47. The van der Waals surface area contributed by atoms with Crippen molar-refractivity contribution < 1.29 is 14.6 Å². The van der Waals surface area contributed by atoms with Gasteiger partial charge < -0.3 is 9.84 Å². The summed E-state index contributed by atoms with van der Waals surface area (Å²) in [7, 11) is 0. The van der Waals surface area contributed by atoms with Crippen LogP contribution < -0.4 is 4.74 Å². The van der Waals surface area contributed by atoms with Gasteiger partial charge in [-0.1, -0.05) is 6.07 Å². The van der Waals surface area contributed by atoms with Crippen LogP contribution >= 0.6 is 0 Å². The molecular weight excluding hydrogens is 180 g/mol. The summed E-state index contributed by atoms with van der Waals surface area (Å²) < 4.78 is 5.21. The second-order valence-electron chi connectivity index (χ2n) is 3.34. The van der Waals surface area contributed by atoms with Gasteiger partial charge in [-0.25, -0.2) is 4.79 Å². The van der Waals surface area contributed by atoms with E-state index in [0.29, 0.717) is 5.75 Å². The Morgan fingerprint density at radius 1 is 1.36 bits per heavy atom. The highest BCUT2D eigenvalue weighted by atomic mass is 16.5. The van der Waals surface area contributed by atoms with E-state index in [0.717, 1.165) is 5.56 Å². The van der Waals surface area contributed by atoms with Crippen LogP contribution in [-0.2, 0) is 4.79 Å². The summed E-state index contributed by atoms with van der Waals surface area (Å²) in [6.07, 6.45) is -0.808. The highest BCUT2D eigenvalue weighted by Crippen LogP contribution is 2.17. The summed E-state index contributed by atoms with van der Waals surface area (Å²) in [5.41, 5.74) is 2.26. The lowest BCUT2D eigenvalue weighted by atomic mass is 10.1. The first kappa shape index (κ1) is 10.6. The normalized spacial score (nSPS) is 12.2. The number of hydrogen-bond donors (Lipinski definition) is 1. The van der Waals surface area contributed by atoms with E-state index < -0.39 is 12.1 Å². The van der Waals surface area contributed by atoms with E-state index in [4.69, 9.17) is 9.84 Å². The predicted molar refractivity (Wildman–Crippen MR) is 53.6 cm³/mol. The van der Waals surface area contributed by atoms with Gasteiger partial charge >= 0.3 is 5.97 Å². The van der Waals surface area contributed by atoms with Crippen molar-refractivity contribution in [3.05, 3.63) is 29.3 Å². The number of aryl methyl sites for hydroxylation is 2. The van der Waals surface area contributed by atoms with Gasteiger partial charge in [-0.3, -0.25) is 0 Å². The Labute approximate surface area is 83.3 Å². The third-order valence-corrected chi connectivity index (χ3v) is 2.14. The Balaban J connectivity index is 2.78. The van der Waals surface area contributed by atoms with Crippen LogP contribution in [0.25, 0.3) is 0 Å². The molecule has 1 aromatic rings. The largest absolute Gasteiger partial charge is 0.479 e.